The normalized spacial score (nSPS) is 10.0. The van der Waals surface area contributed by atoms with Gasteiger partial charge in [0.1, 0.15) is 12.9 Å². The third-order valence-electron chi connectivity index (χ3n) is 1.45. The molecule has 0 saturated carbocycles. The van der Waals surface area contributed by atoms with Crippen LogP contribution in [0.1, 0.15) is 5.56 Å². The fourth-order valence-corrected chi connectivity index (χ4v) is 0.919. The molecule has 0 N–H and O–H groups in total. The summed E-state index contributed by atoms with van der Waals surface area (Å²) in [6, 6.07) is 9.88. The Bertz CT molecular complexity index is 327. The van der Waals surface area contributed by atoms with E-state index in [1.807, 2.05) is 36.9 Å². The van der Waals surface area contributed by atoms with Gasteiger partial charge >= 0.3 is 0 Å². The molecule has 0 unspecified atom stereocenters. The van der Waals surface area contributed by atoms with Gasteiger partial charge in [-0.15, -0.1) is 5.10 Å². The molecule has 0 amide bonds. The van der Waals surface area contributed by atoms with Crippen molar-refractivity contribution in [3.05, 3.63) is 48.8 Å². The molecule has 1 heterocycles. The Balaban J connectivity index is 2.15. The van der Waals surface area contributed by atoms with Crippen LogP contribution in [0, 0.1) is 6.54 Å². The van der Waals surface area contributed by atoms with Crippen molar-refractivity contribution in [2.75, 3.05) is 0 Å². The van der Waals surface area contributed by atoms with Gasteiger partial charge in [-0.3, -0.25) is 0 Å². The first kappa shape index (κ1) is 6.97. The van der Waals surface area contributed by atoms with E-state index in [1.165, 1.54) is 0 Å². The molecule has 0 bridgehead atoms. The summed E-state index contributed by atoms with van der Waals surface area (Å²) in [4.78, 5) is 0. The molecule has 12 heavy (non-hydrogen) atoms. The summed E-state index contributed by atoms with van der Waals surface area (Å²) >= 11 is 0. The standard InChI is InChI=1S/C8H7N4/c1-2-4-8(5-3-1)6-12-7-9-10-11-12/h1-7H. The topological polar surface area (TPSA) is 43.6 Å². The van der Waals surface area contributed by atoms with E-state index in [2.05, 4.69) is 15.5 Å². The van der Waals surface area contributed by atoms with Crippen LogP contribution in [0.15, 0.2) is 36.7 Å². The van der Waals surface area contributed by atoms with Gasteiger partial charge in [0.25, 0.3) is 0 Å². The fourth-order valence-electron chi connectivity index (χ4n) is 0.919. The number of nitrogens with zero attached hydrogens (tertiary/aromatic N) is 4. The number of hydrogen-bond acceptors (Lipinski definition) is 3. The number of aromatic nitrogens is 4. The van der Waals surface area contributed by atoms with Crippen molar-refractivity contribution in [2.45, 2.75) is 0 Å². The number of rotatable bonds is 2. The van der Waals surface area contributed by atoms with Crippen LogP contribution in [0.4, 0.5) is 0 Å². The summed E-state index contributed by atoms with van der Waals surface area (Å²) in [5, 5.41) is 10.8. The second-order valence-corrected chi connectivity index (χ2v) is 2.33. The molecule has 59 valence electrons. The van der Waals surface area contributed by atoms with Crippen LogP contribution >= 0.6 is 0 Å². The first-order valence-corrected chi connectivity index (χ1v) is 3.57. The maximum atomic E-state index is 3.71. The first-order chi connectivity index (χ1) is 5.95. The van der Waals surface area contributed by atoms with E-state index < -0.39 is 0 Å². The quantitative estimate of drug-likeness (QED) is 0.648. The van der Waals surface area contributed by atoms with Gasteiger partial charge in [0, 0.05) is 0 Å². The molecule has 0 aliphatic rings. The summed E-state index contributed by atoms with van der Waals surface area (Å²) < 4.78 is 1.56. The average Bonchev–Trinajstić information content (AvgIpc) is 2.59. The van der Waals surface area contributed by atoms with Gasteiger partial charge in [0.2, 0.25) is 0 Å². The van der Waals surface area contributed by atoms with Crippen molar-refractivity contribution in [1.82, 2.24) is 20.2 Å². The molecule has 0 atom stereocenters. The summed E-state index contributed by atoms with van der Waals surface area (Å²) in [7, 11) is 0. The van der Waals surface area contributed by atoms with E-state index in [9.17, 15) is 0 Å². The molecule has 1 aromatic carbocycles. The van der Waals surface area contributed by atoms with Crippen LogP contribution in [-0.2, 0) is 0 Å². The van der Waals surface area contributed by atoms with Crippen LogP contribution in [0.25, 0.3) is 0 Å². The van der Waals surface area contributed by atoms with Crippen molar-refractivity contribution in [3.63, 3.8) is 0 Å². The molecule has 1 aromatic heterocycles. The van der Waals surface area contributed by atoms with Crippen molar-refractivity contribution in [3.8, 4) is 0 Å². The highest BCUT2D eigenvalue weighted by Gasteiger charge is 1.94. The summed E-state index contributed by atoms with van der Waals surface area (Å²) in [6.45, 7) is 1.85. The lowest BCUT2D eigenvalue weighted by atomic mass is 10.2. The molecule has 4 nitrogen and oxygen atoms in total. The Morgan fingerprint density at radius 1 is 1.17 bits per heavy atom. The smallest absolute Gasteiger partial charge is 0.138 e. The highest BCUT2D eigenvalue weighted by Crippen LogP contribution is 2.01. The van der Waals surface area contributed by atoms with Crippen molar-refractivity contribution >= 4 is 0 Å². The Morgan fingerprint density at radius 2 is 2.00 bits per heavy atom. The van der Waals surface area contributed by atoms with E-state index in [0.29, 0.717) is 0 Å². The molecule has 0 aliphatic carbocycles. The third-order valence-corrected chi connectivity index (χ3v) is 1.45. The lowest BCUT2D eigenvalue weighted by molar-refractivity contribution is 0.752. The second-order valence-electron chi connectivity index (χ2n) is 2.33. The van der Waals surface area contributed by atoms with Crippen molar-refractivity contribution < 1.29 is 0 Å². The molecule has 2 rings (SSSR count). The van der Waals surface area contributed by atoms with Gasteiger partial charge in [-0.05, 0) is 16.0 Å². The summed E-state index contributed by atoms with van der Waals surface area (Å²) in [5.74, 6) is 0. The minimum absolute atomic E-state index is 1.07. The minimum atomic E-state index is 1.07. The van der Waals surface area contributed by atoms with E-state index in [0.717, 1.165) is 5.56 Å². The van der Waals surface area contributed by atoms with Gasteiger partial charge in [0.15, 0.2) is 0 Å². The lowest BCUT2D eigenvalue weighted by Crippen LogP contribution is -1.96. The SMILES string of the molecule is [CH](c1ccccc1)n1cnnn1. The number of benzene rings is 1. The van der Waals surface area contributed by atoms with Crippen LogP contribution in [-0.4, -0.2) is 20.2 Å². The molecule has 0 saturated heterocycles. The van der Waals surface area contributed by atoms with Crippen LogP contribution < -0.4 is 0 Å². The summed E-state index contributed by atoms with van der Waals surface area (Å²) in [6.07, 6.45) is 1.55. The third kappa shape index (κ3) is 1.47. The zero-order valence-corrected chi connectivity index (χ0v) is 6.33. The highest BCUT2D eigenvalue weighted by molar-refractivity contribution is 5.21. The monoisotopic (exact) mass is 159 g/mol. The Kier molecular flexibility index (Phi) is 1.82. The van der Waals surface area contributed by atoms with Crippen LogP contribution in [0.5, 0.6) is 0 Å². The van der Waals surface area contributed by atoms with E-state index >= 15 is 0 Å². The molecular formula is C8H7N4. The molecular weight excluding hydrogens is 152 g/mol. The first-order valence-electron chi connectivity index (χ1n) is 3.57. The predicted molar refractivity (Wildman–Crippen MR) is 43.1 cm³/mol. The average molecular weight is 159 g/mol. The Morgan fingerprint density at radius 3 is 2.67 bits per heavy atom. The Hall–Kier alpha value is -1.71. The molecule has 0 fully saturated rings. The largest absolute Gasteiger partial charge is 0.222 e. The highest BCUT2D eigenvalue weighted by atomic mass is 15.5. The van der Waals surface area contributed by atoms with Crippen LogP contribution in [0.2, 0.25) is 0 Å². The zero-order chi connectivity index (χ0) is 8.23. The van der Waals surface area contributed by atoms with E-state index in [4.69, 9.17) is 0 Å². The molecule has 0 aliphatic heterocycles. The minimum Gasteiger partial charge on any atom is -0.222 e. The van der Waals surface area contributed by atoms with Crippen molar-refractivity contribution in [2.24, 2.45) is 0 Å². The Labute approximate surface area is 69.8 Å². The molecule has 4 heteroatoms. The zero-order valence-electron chi connectivity index (χ0n) is 6.33. The molecule has 2 aromatic rings. The van der Waals surface area contributed by atoms with Gasteiger partial charge in [0.05, 0.1) is 0 Å². The van der Waals surface area contributed by atoms with E-state index in [1.54, 1.807) is 11.0 Å². The van der Waals surface area contributed by atoms with Gasteiger partial charge in [-0.2, -0.15) is 0 Å². The van der Waals surface area contributed by atoms with Gasteiger partial charge < -0.3 is 0 Å². The van der Waals surface area contributed by atoms with Crippen molar-refractivity contribution in [1.29, 1.82) is 0 Å². The van der Waals surface area contributed by atoms with Crippen LogP contribution in [0.3, 0.4) is 0 Å². The molecule has 1 radical (unpaired) electrons. The molecule has 0 spiro atoms. The summed E-state index contributed by atoms with van der Waals surface area (Å²) in [5.41, 5.74) is 1.07. The van der Waals surface area contributed by atoms with Gasteiger partial charge in [-0.25, -0.2) is 4.68 Å². The fraction of sp³-hybridized carbons (Fsp3) is 0. The number of hydrogen-bond donors (Lipinski definition) is 0. The van der Waals surface area contributed by atoms with E-state index in [-0.39, 0.29) is 0 Å². The predicted octanol–water partition coefficient (Wildman–Crippen LogP) is 0.731. The second kappa shape index (κ2) is 3.13. The lowest BCUT2D eigenvalue weighted by Gasteiger charge is -1.96. The van der Waals surface area contributed by atoms with Gasteiger partial charge in [-0.1, -0.05) is 30.3 Å². The number of tetrazole rings is 1. The maximum absolute atomic E-state index is 3.71. The maximum Gasteiger partial charge on any atom is 0.138 e.